The first-order valence-electron chi connectivity index (χ1n) is 17.3. The van der Waals surface area contributed by atoms with Crippen LogP contribution in [-0.4, -0.2) is 48.2 Å². The van der Waals surface area contributed by atoms with Crippen molar-refractivity contribution < 1.29 is 29.0 Å². The largest absolute Gasteiger partial charge is 0.489 e. The van der Waals surface area contributed by atoms with Crippen LogP contribution < -0.4 is 15.4 Å². The van der Waals surface area contributed by atoms with Gasteiger partial charge in [0.15, 0.2) is 0 Å². The van der Waals surface area contributed by atoms with Crippen LogP contribution in [0.4, 0.5) is 0 Å². The van der Waals surface area contributed by atoms with Crippen LogP contribution in [0.5, 0.6) is 5.75 Å². The molecule has 1 heterocycles. The van der Waals surface area contributed by atoms with E-state index in [4.69, 9.17) is 9.47 Å². The van der Waals surface area contributed by atoms with Gasteiger partial charge in [-0.2, -0.15) is 0 Å². The van der Waals surface area contributed by atoms with Gasteiger partial charge in [-0.25, -0.2) is 0 Å². The van der Waals surface area contributed by atoms with Crippen LogP contribution in [0.3, 0.4) is 0 Å². The van der Waals surface area contributed by atoms with E-state index in [1.54, 1.807) is 0 Å². The van der Waals surface area contributed by atoms with Crippen molar-refractivity contribution in [3.05, 3.63) is 150 Å². The third kappa shape index (κ3) is 11.7. The van der Waals surface area contributed by atoms with Gasteiger partial charge in [-0.15, -0.1) is 0 Å². The second kappa shape index (κ2) is 19.1. The molecule has 4 atom stereocenters. The minimum absolute atomic E-state index is 0.0239. The molecule has 2 amide bonds. The lowest BCUT2D eigenvalue weighted by atomic mass is 9.94. The first kappa shape index (κ1) is 36.1. The van der Waals surface area contributed by atoms with E-state index in [-0.39, 0.29) is 43.3 Å². The van der Waals surface area contributed by atoms with Gasteiger partial charge >= 0.3 is 5.97 Å². The molecule has 0 saturated heterocycles. The van der Waals surface area contributed by atoms with Crippen LogP contribution in [0.1, 0.15) is 41.5 Å². The van der Waals surface area contributed by atoms with Crippen LogP contribution in [0.15, 0.2) is 127 Å². The number of amides is 2. The molecule has 1 aliphatic heterocycles. The number of cyclic esters (lactones) is 1. The zero-order valence-corrected chi connectivity index (χ0v) is 28.3. The highest BCUT2D eigenvalue weighted by molar-refractivity contribution is 5.86. The quantitative estimate of drug-likeness (QED) is 0.123. The van der Waals surface area contributed by atoms with Gasteiger partial charge in [0, 0.05) is 6.42 Å². The molecular formula is C42H46N2O6. The molecule has 4 aromatic rings. The van der Waals surface area contributed by atoms with Gasteiger partial charge in [0.2, 0.25) is 11.8 Å². The van der Waals surface area contributed by atoms with Crippen molar-refractivity contribution in [3.8, 4) is 5.75 Å². The molecule has 0 radical (unpaired) electrons. The number of nitrogens with one attached hydrogen (secondary N) is 2. The second-order valence-corrected chi connectivity index (χ2v) is 12.8. The summed E-state index contributed by atoms with van der Waals surface area (Å²) in [6.07, 6.45) is 5.95. The van der Waals surface area contributed by atoms with Crippen molar-refractivity contribution in [1.29, 1.82) is 0 Å². The predicted octanol–water partition coefficient (Wildman–Crippen LogP) is 5.77. The van der Waals surface area contributed by atoms with Crippen molar-refractivity contribution in [1.82, 2.24) is 10.6 Å². The number of allylic oxidation sites excluding steroid dienone is 2. The highest BCUT2D eigenvalue weighted by atomic mass is 16.5. The molecule has 0 bridgehead atoms. The standard InChI is InChI=1S/C42H46N2O6/c45-28-37(25-33-20-22-39(23-21-33)49-29-34-16-8-3-9-17-34)43-40(46)27-35-18-10-11-19-36(24-31-12-4-1-5-13-31)42(48)50-30-38(44-41(35)47)26-32-14-6-2-7-15-32/h1-17,20-23,35-38,45H,18-19,24-30H2,(H,43,46)(H,44,47)/t35-,36+,37+,38+/m1/s1. The molecule has 260 valence electrons. The lowest BCUT2D eigenvalue weighted by Gasteiger charge is -2.25. The van der Waals surface area contributed by atoms with E-state index < -0.39 is 18.0 Å². The van der Waals surface area contributed by atoms with Gasteiger partial charge in [0.1, 0.15) is 19.0 Å². The monoisotopic (exact) mass is 674 g/mol. The number of ether oxygens (including phenoxy) is 2. The Kier molecular flexibility index (Phi) is 13.8. The first-order valence-corrected chi connectivity index (χ1v) is 17.3. The molecule has 0 fully saturated rings. The fourth-order valence-electron chi connectivity index (χ4n) is 6.05. The molecular weight excluding hydrogens is 628 g/mol. The molecule has 0 saturated carbocycles. The summed E-state index contributed by atoms with van der Waals surface area (Å²) in [5, 5.41) is 16.1. The summed E-state index contributed by atoms with van der Waals surface area (Å²) in [5.41, 5.74) is 4.06. The molecule has 0 aromatic heterocycles. The SMILES string of the molecule is O=C(C[C@H]1CC=CC[C@@H](Cc2ccccc2)C(=O)OC[C@H](Cc2ccccc2)NC1=O)N[C@H](CO)Cc1ccc(OCc2ccccc2)cc1. The molecule has 0 unspecified atom stereocenters. The van der Waals surface area contributed by atoms with Gasteiger partial charge in [-0.3, -0.25) is 14.4 Å². The van der Waals surface area contributed by atoms with Crippen molar-refractivity contribution >= 4 is 17.8 Å². The van der Waals surface area contributed by atoms with Crippen molar-refractivity contribution in [2.75, 3.05) is 13.2 Å². The fraction of sp³-hybridized carbons (Fsp3) is 0.310. The zero-order valence-electron chi connectivity index (χ0n) is 28.3. The number of hydrogen-bond donors (Lipinski definition) is 3. The van der Waals surface area contributed by atoms with E-state index >= 15 is 0 Å². The van der Waals surface area contributed by atoms with Gasteiger partial charge < -0.3 is 25.2 Å². The van der Waals surface area contributed by atoms with E-state index in [2.05, 4.69) is 10.6 Å². The third-order valence-electron chi connectivity index (χ3n) is 8.81. The zero-order chi connectivity index (χ0) is 35.0. The van der Waals surface area contributed by atoms with Crippen molar-refractivity contribution in [2.45, 2.75) is 57.2 Å². The van der Waals surface area contributed by atoms with Gasteiger partial charge in [0.25, 0.3) is 0 Å². The van der Waals surface area contributed by atoms with Crippen LogP contribution in [0, 0.1) is 11.8 Å². The van der Waals surface area contributed by atoms with Gasteiger partial charge in [-0.1, -0.05) is 115 Å². The highest BCUT2D eigenvalue weighted by Gasteiger charge is 2.27. The molecule has 50 heavy (non-hydrogen) atoms. The molecule has 4 aromatic carbocycles. The number of aliphatic hydroxyl groups is 1. The third-order valence-corrected chi connectivity index (χ3v) is 8.81. The van der Waals surface area contributed by atoms with Gasteiger partial charge in [-0.05, 0) is 66.5 Å². The Morgan fingerprint density at radius 3 is 1.96 bits per heavy atom. The average Bonchev–Trinajstić information content (AvgIpc) is 3.14. The lowest BCUT2D eigenvalue weighted by molar-refractivity contribution is -0.150. The predicted molar refractivity (Wildman–Crippen MR) is 193 cm³/mol. The number of hydrogen-bond acceptors (Lipinski definition) is 6. The summed E-state index contributed by atoms with van der Waals surface area (Å²) in [7, 11) is 0. The van der Waals surface area contributed by atoms with Crippen molar-refractivity contribution in [2.24, 2.45) is 11.8 Å². The summed E-state index contributed by atoms with van der Waals surface area (Å²) in [4.78, 5) is 40.2. The number of carbonyl (C=O) groups excluding carboxylic acids is 3. The van der Waals surface area contributed by atoms with Crippen LogP contribution >= 0.6 is 0 Å². The maximum atomic E-state index is 13.6. The number of rotatable bonds is 13. The first-order chi connectivity index (χ1) is 24.4. The topological polar surface area (TPSA) is 114 Å². The Labute approximate surface area is 294 Å². The summed E-state index contributed by atoms with van der Waals surface area (Å²) in [6, 6.07) is 36.1. The Morgan fingerprint density at radius 2 is 1.34 bits per heavy atom. The maximum Gasteiger partial charge on any atom is 0.309 e. The van der Waals surface area contributed by atoms with Crippen LogP contribution in [0.2, 0.25) is 0 Å². The molecule has 3 N–H and O–H groups in total. The van der Waals surface area contributed by atoms with Crippen LogP contribution in [-0.2, 0) is 45.0 Å². The van der Waals surface area contributed by atoms with E-state index in [9.17, 15) is 19.5 Å². The molecule has 0 spiro atoms. The minimum atomic E-state index is -0.646. The van der Waals surface area contributed by atoms with Gasteiger partial charge in [0.05, 0.1) is 30.5 Å². The molecule has 0 aliphatic carbocycles. The Bertz CT molecular complexity index is 1660. The Hall–Kier alpha value is -5.21. The van der Waals surface area contributed by atoms with E-state index in [1.165, 1.54) is 0 Å². The highest BCUT2D eigenvalue weighted by Crippen LogP contribution is 2.20. The number of carbonyl (C=O) groups is 3. The summed E-state index contributed by atoms with van der Waals surface area (Å²) in [5.74, 6) is -1.19. The minimum Gasteiger partial charge on any atom is -0.489 e. The van der Waals surface area contributed by atoms with Crippen LogP contribution in [0.25, 0.3) is 0 Å². The lowest BCUT2D eigenvalue weighted by Crippen LogP contribution is -2.46. The normalized spacial score (nSPS) is 18.9. The van der Waals surface area contributed by atoms with Crippen molar-refractivity contribution in [3.63, 3.8) is 0 Å². The number of benzene rings is 4. The number of esters is 1. The second-order valence-electron chi connectivity index (χ2n) is 12.8. The Balaban J connectivity index is 1.22. The average molecular weight is 675 g/mol. The summed E-state index contributed by atoms with van der Waals surface area (Å²) >= 11 is 0. The maximum absolute atomic E-state index is 13.6. The molecule has 1 aliphatic rings. The summed E-state index contributed by atoms with van der Waals surface area (Å²) < 4.78 is 11.7. The fourth-order valence-corrected chi connectivity index (χ4v) is 6.05. The smallest absolute Gasteiger partial charge is 0.309 e. The van der Waals surface area contributed by atoms with E-state index in [1.807, 2.05) is 127 Å². The summed E-state index contributed by atoms with van der Waals surface area (Å²) in [6.45, 7) is 0.240. The van der Waals surface area contributed by atoms with E-state index in [0.29, 0.717) is 38.7 Å². The van der Waals surface area contributed by atoms with E-state index in [0.717, 1.165) is 28.0 Å². The molecule has 5 rings (SSSR count). The number of aliphatic hydroxyl groups excluding tert-OH is 1. The molecule has 8 heteroatoms. The Morgan fingerprint density at radius 1 is 0.760 bits per heavy atom. The molecule has 8 nitrogen and oxygen atoms in total.